The van der Waals surface area contributed by atoms with Gasteiger partial charge in [0.05, 0.1) is 0 Å². The molecule has 25 heavy (non-hydrogen) atoms. The molecule has 5 nitrogen and oxygen atoms in total. The van der Waals surface area contributed by atoms with Crippen molar-refractivity contribution in [3.05, 3.63) is 53.3 Å². The Labute approximate surface area is 148 Å². The first-order valence-corrected chi connectivity index (χ1v) is 9.14. The fourth-order valence-corrected chi connectivity index (χ4v) is 3.61. The fourth-order valence-electron chi connectivity index (χ4n) is 3.61. The molecule has 0 radical (unpaired) electrons. The summed E-state index contributed by atoms with van der Waals surface area (Å²) < 4.78 is 0. The molecule has 4 rings (SSSR count). The Bertz CT molecular complexity index is 758. The van der Waals surface area contributed by atoms with E-state index in [0.29, 0.717) is 5.92 Å². The molecule has 2 fully saturated rings. The summed E-state index contributed by atoms with van der Waals surface area (Å²) in [6.07, 6.45) is 7.96. The smallest absolute Gasteiger partial charge is 0.251 e. The molecule has 1 aliphatic carbocycles. The Morgan fingerprint density at radius 3 is 2.76 bits per heavy atom. The summed E-state index contributed by atoms with van der Waals surface area (Å²) in [6.45, 7) is 3.75. The quantitative estimate of drug-likeness (QED) is 0.932. The number of carbonyl (C=O) groups excluding carboxylic acids is 1. The first-order valence-electron chi connectivity index (χ1n) is 9.14. The van der Waals surface area contributed by atoms with E-state index in [1.165, 1.54) is 18.4 Å². The van der Waals surface area contributed by atoms with E-state index in [1.54, 1.807) is 12.4 Å². The number of amides is 1. The fraction of sp³-hybridized carbons (Fsp3) is 0.450. The molecule has 2 aliphatic rings. The molecule has 0 bridgehead atoms. The Hall–Kier alpha value is -2.43. The van der Waals surface area contributed by atoms with Crippen molar-refractivity contribution in [1.29, 1.82) is 0 Å². The van der Waals surface area contributed by atoms with Crippen molar-refractivity contribution in [2.75, 3.05) is 18.0 Å². The van der Waals surface area contributed by atoms with Crippen molar-refractivity contribution < 1.29 is 4.79 Å². The van der Waals surface area contributed by atoms with Crippen LogP contribution in [0.5, 0.6) is 0 Å². The van der Waals surface area contributed by atoms with Gasteiger partial charge in [-0.05, 0) is 56.2 Å². The van der Waals surface area contributed by atoms with Crippen LogP contribution >= 0.6 is 0 Å². The Kier molecular flexibility index (Phi) is 4.38. The van der Waals surface area contributed by atoms with Crippen LogP contribution in [0.4, 0.5) is 5.95 Å². The van der Waals surface area contributed by atoms with Crippen molar-refractivity contribution in [2.24, 2.45) is 0 Å². The topological polar surface area (TPSA) is 58.1 Å². The number of nitrogens with zero attached hydrogens (tertiary/aromatic N) is 3. The largest absolute Gasteiger partial charge is 0.348 e. The van der Waals surface area contributed by atoms with Gasteiger partial charge < -0.3 is 10.2 Å². The molecule has 1 N–H and O–H groups in total. The Morgan fingerprint density at radius 2 is 2.00 bits per heavy atom. The molecule has 1 atom stereocenters. The van der Waals surface area contributed by atoms with Crippen LogP contribution in [0.1, 0.15) is 53.1 Å². The zero-order valence-electron chi connectivity index (χ0n) is 14.6. The van der Waals surface area contributed by atoms with Crippen molar-refractivity contribution in [1.82, 2.24) is 15.3 Å². The summed E-state index contributed by atoms with van der Waals surface area (Å²) in [6, 6.07) is 8.23. The van der Waals surface area contributed by atoms with E-state index in [4.69, 9.17) is 0 Å². The minimum Gasteiger partial charge on any atom is -0.348 e. The van der Waals surface area contributed by atoms with Gasteiger partial charge in [0.1, 0.15) is 0 Å². The minimum absolute atomic E-state index is 0.0615. The molecule has 0 spiro atoms. The average molecular weight is 336 g/mol. The van der Waals surface area contributed by atoms with Gasteiger partial charge in [0.15, 0.2) is 0 Å². The Morgan fingerprint density at radius 1 is 1.20 bits per heavy atom. The summed E-state index contributed by atoms with van der Waals surface area (Å²) in [5.74, 6) is 1.38. The summed E-state index contributed by atoms with van der Waals surface area (Å²) in [5, 5.41) is 3.25. The molecule has 130 valence electrons. The van der Waals surface area contributed by atoms with Crippen LogP contribution in [0.15, 0.2) is 36.7 Å². The van der Waals surface area contributed by atoms with Gasteiger partial charge in [-0.3, -0.25) is 4.79 Å². The predicted octanol–water partition coefficient (Wildman–Crippen LogP) is 3.06. The van der Waals surface area contributed by atoms with Crippen molar-refractivity contribution in [3.63, 3.8) is 0 Å². The predicted molar refractivity (Wildman–Crippen MR) is 97.9 cm³/mol. The van der Waals surface area contributed by atoms with Gasteiger partial charge in [-0.1, -0.05) is 17.7 Å². The van der Waals surface area contributed by atoms with Gasteiger partial charge in [-0.2, -0.15) is 0 Å². The molecule has 2 aromatic rings. The number of rotatable bonds is 4. The maximum Gasteiger partial charge on any atom is 0.251 e. The van der Waals surface area contributed by atoms with Crippen LogP contribution in [-0.2, 0) is 0 Å². The van der Waals surface area contributed by atoms with Gasteiger partial charge in [0.25, 0.3) is 5.91 Å². The number of benzene rings is 1. The SMILES string of the molecule is Cc1ccc(C2CC2)c(C(=O)NC2CCCN(c3ncccn3)C2)c1. The van der Waals surface area contributed by atoms with E-state index in [1.807, 2.05) is 19.1 Å². The second-order valence-corrected chi connectivity index (χ2v) is 7.17. The van der Waals surface area contributed by atoms with Crippen LogP contribution in [0.25, 0.3) is 0 Å². The van der Waals surface area contributed by atoms with Crippen LogP contribution < -0.4 is 10.2 Å². The van der Waals surface area contributed by atoms with Crippen LogP contribution in [-0.4, -0.2) is 35.0 Å². The minimum atomic E-state index is 0.0615. The normalized spacial score (nSPS) is 20.4. The third-order valence-corrected chi connectivity index (χ3v) is 5.06. The number of hydrogen-bond donors (Lipinski definition) is 1. The van der Waals surface area contributed by atoms with E-state index >= 15 is 0 Å². The molecule has 1 amide bonds. The van der Waals surface area contributed by atoms with Gasteiger partial charge in [0.2, 0.25) is 5.95 Å². The number of aryl methyl sites for hydroxylation is 1. The van der Waals surface area contributed by atoms with Crippen molar-refractivity contribution in [3.8, 4) is 0 Å². The van der Waals surface area contributed by atoms with Gasteiger partial charge in [-0.15, -0.1) is 0 Å². The number of anilines is 1. The summed E-state index contributed by atoms with van der Waals surface area (Å²) in [4.78, 5) is 23.7. The highest BCUT2D eigenvalue weighted by Gasteiger charge is 2.29. The lowest BCUT2D eigenvalue weighted by atomic mass is 9.99. The molecule has 1 unspecified atom stereocenters. The molecule has 1 aromatic heterocycles. The summed E-state index contributed by atoms with van der Waals surface area (Å²) in [7, 11) is 0. The average Bonchev–Trinajstić information content (AvgIpc) is 3.48. The van der Waals surface area contributed by atoms with Gasteiger partial charge in [0, 0.05) is 37.1 Å². The number of hydrogen-bond acceptors (Lipinski definition) is 4. The van der Waals surface area contributed by atoms with E-state index in [0.717, 1.165) is 43.0 Å². The molecule has 1 aromatic carbocycles. The second kappa shape index (κ2) is 6.82. The summed E-state index contributed by atoms with van der Waals surface area (Å²) in [5.41, 5.74) is 3.20. The van der Waals surface area contributed by atoms with E-state index < -0.39 is 0 Å². The molecule has 1 saturated carbocycles. The Balaban J connectivity index is 1.47. The lowest BCUT2D eigenvalue weighted by Gasteiger charge is -2.33. The van der Waals surface area contributed by atoms with E-state index in [2.05, 4.69) is 32.3 Å². The van der Waals surface area contributed by atoms with E-state index in [9.17, 15) is 4.79 Å². The highest BCUT2D eigenvalue weighted by Crippen LogP contribution is 2.41. The first kappa shape index (κ1) is 16.1. The highest BCUT2D eigenvalue weighted by atomic mass is 16.1. The van der Waals surface area contributed by atoms with Crippen LogP contribution in [0.3, 0.4) is 0 Å². The number of carbonyl (C=O) groups is 1. The lowest BCUT2D eigenvalue weighted by Crippen LogP contribution is -2.48. The standard InChI is InChI=1S/C20H24N4O/c1-14-5-8-17(15-6-7-15)18(12-14)19(25)23-16-4-2-11-24(13-16)20-21-9-3-10-22-20/h3,5,8-10,12,15-16H,2,4,6-7,11,13H2,1H3,(H,23,25). The number of nitrogens with one attached hydrogen (secondary N) is 1. The lowest BCUT2D eigenvalue weighted by molar-refractivity contribution is 0.0932. The second-order valence-electron chi connectivity index (χ2n) is 7.17. The maximum atomic E-state index is 12.9. The molecular weight excluding hydrogens is 312 g/mol. The van der Waals surface area contributed by atoms with Gasteiger partial charge in [-0.25, -0.2) is 9.97 Å². The number of aromatic nitrogens is 2. The van der Waals surface area contributed by atoms with Crippen molar-refractivity contribution in [2.45, 2.75) is 44.6 Å². The third kappa shape index (κ3) is 3.65. The zero-order valence-corrected chi connectivity index (χ0v) is 14.6. The maximum absolute atomic E-state index is 12.9. The molecule has 5 heteroatoms. The first-order chi connectivity index (χ1) is 12.2. The molecular formula is C20H24N4O. The van der Waals surface area contributed by atoms with Gasteiger partial charge >= 0.3 is 0 Å². The van der Waals surface area contributed by atoms with Crippen molar-refractivity contribution >= 4 is 11.9 Å². The molecule has 1 saturated heterocycles. The highest BCUT2D eigenvalue weighted by molar-refractivity contribution is 5.96. The van der Waals surface area contributed by atoms with E-state index in [-0.39, 0.29) is 11.9 Å². The van der Waals surface area contributed by atoms with Crippen LogP contribution in [0.2, 0.25) is 0 Å². The molecule has 1 aliphatic heterocycles. The summed E-state index contributed by atoms with van der Waals surface area (Å²) >= 11 is 0. The van der Waals surface area contributed by atoms with Crippen LogP contribution in [0, 0.1) is 6.92 Å². The monoisotopic (exact) mass is 336 g/mol. The molecule has 2 heterocycles. The number of piperidine rings is 1. The third-order valence-electron chi connectivity index (χ3n) is 5.06. The zero-order chi connectivity index (χ0) is 17.2.